The van der Waals surface area contributed by atoms with Crippen molar-refractivity contribution < 1.29 is 9.53 Å². The fraction of sp³-hybridized carbons (Fsp3) is 0.316. The number of nitrogens with zero attached hydrogens (tertiary/aromatic N) is 2. The summed E-state index contributed by atoms with van der Waals surface area (Å²) >= 11 is 1.42. The Morgan fingerprint density at radius 3 is 2.81 bits per heavy atom. The molecule has 142 valence electrons. The van der Waals surface area contributed by atoms with E-state index in [0.29, 0.717) is 31.4 Å². The van der Waals surface area contributed by atoms with E-state index in [2.05, 4.69) is 15.6 Å². The number of pyridine rings is 1. The van der Waals surface area contributed by atoms with Crippen LogP contribution in [0, 0.1) is 0 Å². The molecule has 0 saturated carbocycles. The molecule has 2 N–H and O–H groups in total. The molecule has 27 heavy (non-hydrogen) atoms. The molecule has 0 fully saturated rings. The molecule has 0 spiro atoms. The van der Waals surface area contributed by atoms with Crippen LogP contribution in [0.5, 0.6) is 0 Å². The molecule has 3 rings (SSSR count). The number of urea groups is 1. The SMILES string of the molecule is CCNC(=O)Nc1nc2cc(-c3ccc(=O)n(CCOCC)c3)ccc2s1. The summed E-state index contributed by atoms with van der Waals surface area (Å²) in [5.74, 6) is 0. The van der Waals surface area contributed by atoms with Crippen molar-refractivity contribution in [2.24, 2.45) is 0 Å². The number of thiazole rings is 1. The second kappa shape index (κ2) is 8.79. The summed E-state index contributed by atoms with van der Waals surface area (Å²) in [7, 11) is 0. The number of carbonyl (C=O) groups excluding carboxylic acids is 1. The Kier molecular flexibility index (Phi) is 6.20. The fourth-order valence-corrected chi connectivity index (χ4v) is 3.49. The molecule has 0 atom stereocenters. The summed E-state index contributed by atoms with van der Waals surface area (Å²) < 4.78 is 7.97. The van der Waals surface area contributed by atoms with E-state index in [1.165, 1.54) is 11.3 Å². The van der Waals surface area contributed by atoms with Crippen LogP contribution in [0.25, 0.3) is 21.3 Å². The largest absolute Gasteiger partial charge is 0.380 e. The lowest BCUT2D eigenvalue weighted by Gasteiger charge is -2.08. The quantitative estimate of drug-likeness (QED) is 0.610. The van der Waals surface area contributed by atoms with Crippen LogP contribution in [0.4, 0.5) is 9.93 Å². The molecule has 3 aromatic rings. The Hall–Kier alpha value is -2.71. The standard InChI is InChI=1S/C19H22N4O3S/c1-3-20-18(25)22-19-21-15-11-13(5-7-16(15)27-19)14-6-8-17(24)23(12-14)9-10-26-4-2/h5-8,11-12H,3-4,9-10H2,1-2H3,(H2,20,21,22,25). The second-order valence-corrected chi connectivity index (χ2v) is 6.86. The lowest BCUT2D eigenvalue weighted by atomic mass is 10.1. The maximum absolute atomic E-state index is 12.0. The number of anilines is 1. The normalized spacial score (nSPS) is 10.9. The van der Waals surface area contributed by atoms with Gasteiger partial charge < -0.3 is 14.6 Å². The van der Waals surface area contributed by atoms with Crippen molar-refractivity contribution in [2.45, 2.75) is 20.4 Å². The number of amides is 2. The topological polar surface area (TPSA) is 85.3 Å². The molecule has 0 aliphatic carbocycles. The van der Waals surface area contributed by atoms with E-state index < -0.39 is 0 Å². The molecule has 2 amide bonds. The van der Waals surface area contributed by atoms with Crippen LogP contribution in [-0.2, 0) is 11.3 Å². The summed E-state index contributed by atoms with van der Waals surface area (Å²) in [6, 6.07) is 9.03. The van der Waals surface area contributed by atoms with Gasteiger partial charge in [-0.3, -0.25) is 10.1 Å². The molecule has 8 heteroatoms. The minimum absolute atomic E-state index is 0.0541. The molecule has 0 saturated heterocycles. The lowest BCUT2D eigenvalue weighted by molar-refractivity contribution is 0.138. The summed E-state index contributed by atoms with van der Waals surface area (Å²) in [4.78, 5) is 28.2. The Labute approximate surface area is 161 Å². The molecule has 0 radical (unpaired) electrons. The van der Waals surface area contributed by atoms with Crippen LogP contribution in [-0.4, -0.2) is 35.3 Å². The summed E-state index contributed by atoms with van der Waals surface area (Å²) in [5.41, 5.74) is 2.64. The van der Waals surface area contributed by atoms with Gasteiger partial charge in [-0.05, 0) is 43.2 Å². The van der Waals surface area contributed by atoms with Gasteiger partial charge in [-0.2, -0.15) is 0 Å². The van der Waals surface area contributed by atoms with Gasteiger partial charge in [-0.1, -0.05) is 17.4 Å². The predicted molar refractivity (Wildman–Crippen MR) is 109 cm³/mol. The van der Waals surface area contributed by atoms with E-state index in [-0.39, 0.29) is 11.6 Å². The van der Waals surface area contributed by atoms with Gasteiger partial charge in [0, 0.05) is 32.0 Å². The number of carbonyl (C=O) groups is 1. The van der Waals surface area contributed by atoms with Gasteiger partial charge in [-0.25, -0.2) is 9.78 Å². The van der Waals surface area contributed by atoms with Crippen molar-refractivity contribution in [2.75, 3.05) is 25.1 Å². The molecule has 7 nitrogen and oxygen atoms in total. The van der Waals surface area contributed by atoms with Crippen molar-refractivity contribution in [3.05, 3.63) is 46.9 Å². The smallest absolute Gasteiger partial charge is 0.321 e. The summed E-state index contributed by atoms with van der Waals surface area (Å²) in [5, 5.41) is 5.97. The van der Waals surface area contributed by atoms with Gasteiger partial charge in [0.15, 0.2) is 5.13 Å². The lowest BCUT2D eigenvalue weighted by Crippen LogP contribution is -2.28. The highest BCUT2D eigenvalue weighted by Gasteiger charge is 2.09. The van der Waals surface area contributed by atoms with Crippen molar-refractivity contribution in [1.82, 2.24) is 14.9 Å². The molecular weight excluding hydrogens is 364 g/mol. The Morgan fingerprint density at radius 1 is 1.22 bits per heavy atom. The number of ether oxygens (including phenoxy) is 1. The average Bonchev–Trinajstić information content (AvgIpc) is 3.04. The highest BCUT2D eigenvalue weighted by molar-refractivity contribution is 7.22. The van der Waals surface area contributed by atoms with Gasteiger partial charge in [-0.15, -0.1) is 0 Å². The molecule has 2 aromatic heterocycles. The third-order valence-electron chi connectivity index (χ3n) is 3.94. The van der Waals surface area contributed by atoms with Crippen LogP contribution in [0.3, 0.4) is 0 Å². The fourth-order valence-electron chi connectivity index (χ4n) is 2.65. The second-order valence-electron chi connectivity index (χ2n) is 5.83. The number of rotatable bonds is 7. The Morgan fingerprint density at radius 2 is 2.04 bits per heavy atom. The molecule has 0 bridgehead atoms. The zero-order valence-corrected chi connectivity index (χ0v) is 16.1. The average molecular weight is 386 g/mol. The van der Waals surface area contributed by atoms with E-state index >= 15 is 0 Å². The molecule has 0 unspecified atom stereocenters. The Bertz CT molecular complexity index is 996. The number of hydrogen-bond acceptors (Lipinski definition) is 5. The number of fused-ring (bicyclic) bond motifs is 1. The first-order chi connectivity index (χ1) is 13.1. The van der Waals surface area contributed by atoms with Crippen LogP contribution in [0.15, 0.2) is 41.3 Å². The predicted octanol–water partition coefficient (Wildman–Crippen LogP) is 3.30. The molecule has 0 aliphatic rings. The Balaban J connectivity index is 1.85. The highest BCUT2D eigenvalue weighted by Crippen LogP contribution is 2.29. The van der Waals surface area contributed by atoms with E-state index in [4.69, 9.17) is 4.74 Å². The minimum Gasteiger partial charge on any atom is -0.380 e. The van der Waals surface area contributed by atoms with Crippen LogP contribution < -0.4 is 16.2 Å². The maximum Gasteiger partial charge on any atom is 0.321 e. The third-order valence-corrected chi connectivity index (χ3v) is 4.89. The molecule has 1 aromatic carbocycles. The number of nitrogens with one attached hydrogen (secondary N) is 2. The number of aromatic nitrogens is 2. The third kappa shape index (κ3) is 4.72. The zero-order valence-electron chi connectivity index (χ0n) is 15.3. The monoisotopic (exact) mass is 386 g/mol. The van der Waals surface area contributed by atoms with E-state index in [0.717, 1.165) is 21.3 Å². The summed E-state index contributed by atoms with van der Waals surface area (Å²) in [6.45, 7) is 5.98. The van der Waals surface area contributed by atoms with Gasteiger partial charge in [0.05, 0.1) is 16.8 Å². The van der Waals surface area contributed by atoms with E-state index in [1.807, 2.05) is 38.2 Å². The molecular formula is C19H22N4O3S. The van der Waals surface area contributed by atoms with Crippen molar-refractivity contribution in [1.29, 1.82) is 0 Å². The van der Waals surface area contributed by atoms with Crippen molar-refractivity contribution in [3.8, 4) is 11.1 Å². The van der Waals surface area contributed by atoms with Gasteiger partial charge >= 0.3 is 6.03 Å². The van der Waals surface area contributed by atoms with Gasteiger partial charge in [0.1, 0.15) is 0 Å². The first kappa shape index (κ1) is 19.1. The molecule has 2 heterocycles. The van der Waals surface area contributed by atoms with Crippen molar-refractivity contribution >= 4 is 32.7 Å². The zero-order chi connectivity index (χ0) is 19.2. The van der Waals surface area contributed by atoms with Crippen LogP contribution >= 0.6 is 11.3 Å². The van der Waals surface area contributed by atoms with Gasteiger partial charge in [0.25, 0.3) is 5.56 Å². The number of benzene rings is 1. The molecule has 0 aliphatic heterocycles. The highest BCUT2D eigenvalue weighted by atomic mass is 32.1. The van der Waals surface area contributed by atoms with E-state index in [9.17, 15) is 9.59 Å². The number of hydrogen-bond donors (Lipinski definition) is 2. The van der Waals surface area contributed by atoms with Crippen molar-refractivity contribution in [3.63, 3.8) is 0 Å². The van der Waals surface area contributed by atoms with Gasteiger partial charge in [0.2, 0.25) is 0 Å². The van der Waals surface area contributed by atoms with Crippen LogP contribution in [0.2, 0.25) is 0 Å². The summed E-state index contributed by atoms with van der Waals surface area (Å²) in [6.07, 6.45) is 1.84. The first-order valence-electron chi connectivity index (χ1n) is 8.84. The first-order valence-corrected chi connectivity index (χ1v) is 9.66. The van der Waals surface area contributed by atoms with E-state index in [1.54, 1.807) is 16.7 Å². The minimum atomic E-state index is -0.266. The maximum atomic E-state index is 12.0. The van der Waals surface area contributed by atoms with Crippen LogP contribution in [0.1, 0.15) is 13.8 Å².